The number of fused-ring (bicyclic) bond motifs is 1. The van der Waals surface area contributed by atoms with E-state index in [0.29, 0.717) is 11.4 Å². The Bertz CT molecular complexity index is 1100. The van der Waals surface area contributed by atoms with E-state index >= 15 is 0 Å². The van der Waals surface area contributed by atoms with Gasteiger partial charge in [-0.3, -0.25) is 4.79 Å². The zero-order valence-corrected chi connectivity index (χ0v) is 19.8. The molecule has 1 aromatic carbocycles. The summed E-state index contributed by atoms with van der Waals surface area (Å²) in [4.78, 5) is 22.4. The highest BCUT2D eigenvalue weighted by Crippen LogP contribution is 2.28. The predicted octanol–water partition coefficient (Wildman–Crippen LogP) is 3.91. The average Bonchev–Trinajstić information content (AvgIpc) is 3.21. The summed E-state index contributed by atoms with van der Waals surface area (Å²) in [5, 5.41) is 7.75. The van der Waals surface area contributed by atoms with Gasteiger partial charge in [-0.15, -0.1) is 0 Å². The van der Waals surface area contributed by atoms with Crippen LogP contribution in [0.1, 0.15) is 34.6 Å². The maximum atomic E-state index is 13.2. The number of nitrogens with zero attached hydrogens (tertiary/aromatic N) is 5. The molecule has 1 N–H and O–H groups in total. The highest BCUT2D eigenvalue weighted by molar-refractivity contribution is 9.10. The number of likely N-dealkylation sites (N-methyl/N-ethyl adjacent to an activating group) is 1. The van der Waals surface area contributed by atoms with E-state index in [9.17, 15) is 4.79 Å². The molecule has 8 heteroatoms. The van der Waals surface area contributed by atoms with Crippen LogP contribution in [0.3, 0.4) is 0 Å². The minimum absolute atomic E-state index is 0.173. The van der Waals surface area contributed by atoms with Crippen LogP contribution in [0.4, 0.5) is 11.5 Å². The van der Waals surface area contributed by atoms with Crippen LogP contribution in [0.25, 0.3) is 5.69 Å². The summed E-state index contributed by atoms with van der Waals surface area (Å²) in [6.45, 7) is 4.00. The van der Waals surface area contributed by atoms with Crippen molar-refractivity contribution in [2.75, 3.05) is 43.4 Å². The number of carbonyl (C=O) groups is 1. The van der Waals surface area contributed by atoms with Gasteiger partial charge in [0.25, 0.3) is 5.91 Å². The van der Waals surface area contributed by atoms with Crippen LogP contribution in [0.15, 0.2) is 47.1 Å². The number of halogens is 1. The van der Waals surface area contributed by atoms with Crippen molar-refractivity contribution in [3.05, 3.63) is 64.0 Å². The van der Waals surface area contributed by atoms with Gasteiger partial charge in [0.1, 0.15) is 5.82 Å². The zero-order chi connectivity index (χ0) is 22.1. The molecule has 1 aliphatic carbocycles. The second-order valence-corrected chi connectivity index (χ2v) is 9.43. The number of carbonyl (C=O) groups excluding carboxylic acids is 1. The predicted molar refractivity (Wildman–Crippen MR) is 130 cm³/mol. The molecule has 7 nitrogen and oxygen atoms in total. The Morgan fingerprint density at radius 2 is 1.75 bits per heavy atom. The van der Waals surface area contributed by atoms with E-state index in [1.807, 2.05) is 41.1 Å². The number of hydrogen-bond acceptors (Lipinski definition) is 5. The van der Waals surface area contributed by atoms with Gasteiger partial charge in [-0.05, 0) is 69.1 Å². The Morgan fingerprint density at radius 3 is 2.47 bits per heavy atom. The third-order valence-corrected chi connectivity index (χ3v) is 6.83. The van der Waals surface area contributed by atoms with Crippen molar-refractivity contribution < 1.29 is 4.79 Å². The van der Waals surface area contributed by atoms with Crippen LogP contribution in [-0.4, -0.2) is 58.8 Å². The standard InChI is InChI=1S/C24H27BrN6O/c1-29-12-14-30(15-13-29)22-11-8-18(16-26-22)27-24(32)23-20-4-2-3-5-21(20)31(28-23)19-9-6-17(25)7-10-19/h6-11,16H,2-5,12-15H2,1H3,(H,27,32). The van der Waals surface area contributed by atoms with E-state index in [2.05, 4.69) is 43.1 Å². The topological polar surface area (TPSA) is 66.3 Å². The number of piperazine rings is 1. The molecule has 5 rings (SSSR count). The third kappa shape index (κ3) is 4.29. The van der Waals surface area contributed by atoms with E-state index in [0.717, 1.165) is 79.1 Å². The fourth-order valence-corrected chi connectivity index (χ4v) is 4.71. The Balaban J connectivity index is 1.36. The molecule has 2 aliphatic rings. The van der Waals surface area contributed by atoms with E-state index < -0.39 is 0 Å². The van der Waals surface area contributed by atoms with Crippen LogP contribution in [0.2, 0.25) is 0 Å². The molecule has 0 bridgehead atoms. The Kier molecular flexibility index (Phi) is 5.97. The summed E-state index contributed by atoms with van der Waals surface area (Å²) in [5.41, 5.74) is 4.40. The highest BCUT2D eigenvalue weighted by Gasteiger charge is 2.26. The summed E-state index contributed by atoms with van der Waals surface area (Å²) in [7, 11) is 2.14. The first-order valence-electron chi connectivity index (χ1n) is 11.2. The molecule has 1 amide bonds. The minimum atomic E-state index is -0.173. The molecule has 32 heavy (non-hydrogen) atoms. The molecule has 0 atom stereocenters. The van der Waals surface area contributed by atoms with Crippen molar-refractivity contribution >= 4 is 33.3 Å². The lowest BCUT2D eigenvalue weighted by Gasteiger charge is -2.33. The van der Waals surface area contributed by atoms with Gasteiger partial charge in [0.15, 0.2) is 5.69 Å². The number of pyridine rings is 1. The molecule has 0 spiro atoms. The normalized spacial score (nSPS) is 16.6. The van der Waals surface area contributed by atoms with E-state index in [4.69, 9.17) is 5.10 Å². The SMILES string of the molecule is CN1CCN(c2ccc(NC(=O)c3nn(-c4ccc(Br)cc4)c4c3CCCC4)cn2)CC1. The molecular formula is C24H27BrN6O. The second-order valence-electron chi connectivity index (χ2n) is 8.52. The van der Waals surface area contributed by atoms with Gasteiger partial charge in [0.2, 0.25) is 0 Å². The molecule has 2 aromatic heterocycles. The summed E-state index contributed by atoms with van der Waals surface area (Å²) in [6.07, 6.45) is 5.76. The van der Waals surface area contributed by atoms with Crippen LogP contribution >= 0.6 is 15.9 Å². The lowest BCUT2D eigenvalue weighted by atomic mass is 9.95. The summed E-state index contributed by atoms with van der Waals surface area (Å²) >= 11 is 3.49. The van der Waals surface area contributed by atoms with Crippen molar-refractivity contribution in [2.24, 2.45) is 0 Å². The van der Waals surface area contributed by atoms with Crippen molar-refractivity contribution in [1.29, 1.82) is 0 Å². The fraction of sp³-hybridized carbons (Fsp3) is 0.375. The van der Waals surface area contributed by atoms with Crippen LogP contribution < -0.4 is 10.2 Å². The Hall–Kier alpha value is -2.71. The second kappa shape index (κ2) is 9.03. The molecule has 1 fully saturated rings. The number of aromatic nitrogens is 3. The molecule has 0 unspecified atom stereocenters. The van der Waals surface area contributed by atoms with Gasteiger partial charge in [-0.25, -0.2) is 9.67 Å². The smallest absolute Gasteiger partial charge is 0.276 e. The van der Waals surface area contributed by atoms with E-state index in [1.165, 1.54) is 0 Å². The zero-order valence-electron chi connectivity index (χ0n) is 18.2. The molecule has 3 heterocycles. The maximum absolute atomic E-state index is 13.2. The molecule has 1 saturated heterocycles. The maximum Gasteiger partial charge on any atom is 0.276 e. The van der Waals surface area contributed by atoms with Gasteiger partial charge in [0, 0.05) is 41.9 Å². The summed E-state index contributed by atoms with van der Waals surface area (Å²) < 4.78 is 2.96. The average molecular weight is 495 g/mol. The Morgan fingerprint density at radius 1 is 1.00 bits per heavy atom. The van der Waals surface area contributed by atoms with Crippen LogP contribution in [0, 0.1) is 0 Å². The lowest BCUT2D eigenvalue weighted by Crippen LogP contribution is -2.44. The third-order valence-electron chi connectivity index (χ3n) is 6.30. The van der Waals surface area contributed by atoms with Crippen molar-refractivity contribution in [2.45, 2.75) is 25.7 Å². The van der Waals surface area contributed by atoms with Crippen molar-refractivity contribution in [3.63, 3.8) is 0 Å². The largest absolute Gasteiger partial charge is 0.354 e. The van der Waals surface area contributed by atoms with E-state index in [1.54, 1.807) is 6.20 Å². The van der Waals surface area contributed by atoms with Gasteiger partial charge < -0.3 is 15.1 Å². The monoisotopic (exact) mass is 494 g/mol. The first-order valence-corrected chi connectivity index (χ1v) is 12.0. The highest BCUT2D eigenvalue weighted by atomic mass is 79.9. The first kappa shape index (κ1) is 21.2. The number of anilines is 2. The van der Waals surface area contributed by atoms with Gasteiger partial charge >= 0.3 is 0 Å². The number of nitrogens with one attached hydrogen (secondary N) is 1. The number of benzene rings is 1. The molecule has 3 aromatic rings. The van der Waals surface area contributed by atoms with E-state index in [-0.39, 0.29) is 5.91 Å². The van der Waals surface area contributed by atoms with Crippen molar-refractivity contribution in [1.82, 2.24) is 19.7 Å². The molecule has 0 saturated carbocycles. The number of rotatable bonds is 4. The lowest BCUT2D eigenvalue weighted by molar-refractivity contribution is 0.102. The fourth-order valence-electron chi connectivity index (χ4n) is 4.45. The van der Waals surface area contributed by atoms with Crippen LogP contribution in [0.5, 0.6) is 0 Å². The summed E-state index contributed by atoms with van der Waals surface area (Å²) in [6, 6.07) is 12.0. The Labute approximate surface area is 196 Å². The molecule has 166 valence electrons. The molecule has 1 aliphatic heterocycles. The summed E-state index contributed by atoms with van der Waals surface area (Å²) in [5.74, 6) is 0.779. The minimum Gasteiger partial charge on any atom is -0.354 e. The first-order chi connectivity index (χ1) is 15.6. The van der Waals surface area contributed by atoms with Crippen molar-refractivity contribution in [3.8, 4) is 5.69 Å². The quantitative estimate of drug-likeness (QED) is 0.595. The number of amides is 1. The van der Waals surface area contributed by atoms with Crippen LogP contribution in [-0.2, 0) is 12.8 Å². The number of hydrogen-bond donors (Lipinski definition) is 1. The van der Waals surface area contributed by atoms with Gasteiger partial charge in [-0.2, -0.15) is 5.10 Å². The van der Waals surface area contributed by atoms with Gasteiger partial charge in [0.05, 0.1) is 17.6 Å². The molecule has 0 radical (unpaired) electrons. The molecular weight excluding hydrogens is 468 g/mol. The van der Waals surface area contributed by atoms with Gasteiger partial charge in [-0.1, -0.05) is 15.9 Å².